The molecule has 6 rings (SSSR count). The van der Waals surface area contributed by atoms with E-state index in [0.717, 1.165) is 13.7 Å². The maximum Gasteiger partial charge on any atom is -0.147 e. The molecule has 4 heteroatoms. The zero-order valence-corrected chi connectivity index (χ0v) is 32.8. The van der Waals surface area contributed by atoms with E-state index in [1.807, 2.05) is 6.55 Å². The summed E-state index contributed by atoms with van der Waals surface area (Å²) in [7, 11) is 0. The summed E-state index contributed by atoms with van der Waals surface area (Å²) < 4.78 is 5.79. The van der Waals surface area contributed by atoms with Crippen LogP contribution in [0.4, 0.5) is 0 Å². The molecule has 2 aromatic carbocycles. The summed E-state index contributed by atoms with van der Waals surface area (Å²) in [6.07, 6.45) is 24.7. The van der Waals surface area contributed by atoms with Crippen molar-refractivity contribution in [2.24, 2.45) is 0 Å². The Morgan fingerprint density at radius 1 is 0.690 bits per heavy atom. The van der Waals surface area contributed by atoms with Crippen molar-refractivity contribution in [3.63, 3.8) is 0 Å². The fourth-order valence-electron chi connectivity index (χ4n) is 9.58. The SMILES string of the molecule is CC(C)(C)c1ccc2c(c1)-c1cc(C(C)(C)C)c[c]([Zr](=[SiH2])([C]3=CC=CC3)([CH]3CCCCC3)[CH]3CCCCC3)c1C2.Cl.Cl. The number of halogens is 2. The molecule has 230 valence electrons. The fourth-order valence-corrected chi connectivity index (χ4v) is 39.7. The third-order valence-corrected chi connectivity index (χ3v) is 44.6. The molecule has 0 amide bonds. The average molecular weight is 703 g/mol. The predicted molar refractivity (Wildman–Crippen MR) is 190 cm³/mol. The summed E-state index contributed by atoms with van der Waals surface area (Å²) in [5, 5.41) is 0. The molecular weight excluding hydrogens is 647 g/mol. The van der Waals surface area contributed by atoms with E-state index >= 15 is 0 Å². The van der Waals surface area contributed by atoms with Gasteiger partial charge in [-0.1, -0.05) is 0 Å². The summed E-state index contributed by atoms with van der Waals surface area (Å²) in [6, 6.07) is 13.0. The minimum atomic E-state index is -3.82. The van der Waals surface area contributed by atoms with Gasteiger partial charge in [0.25, 0.3) is 0 Å². The van der Waals surface area contributed by atoms with Crippen LogP contribution in [0.5, 0.6) is 0 Å². The van der Waals surface area contributed by atoms with Gasteiger partial charge in [-0.25, -0.2) is 0 Å². The monoisotopic (exact) mass is 700 g/mol. The van der Waals surface area contributed by atoms with Crippen molar-refractivity contribution in [1.82, 2.24) is 0 Å². The van der Waals surface area contributed by atoms with Crippen molar-refractivity contribution in [2.75, 3.05) is 0 Å². The van der Waals surface area contributed by atoms with Crippen LogP contribution in [0.3, 0.4) is 0 Å². The first-order valence-corrected chi connectivity index (χ1v) is 27.8. The molecule has 2 aromatic rings. The first-order chi connectivity index (χ1) is 18.9. The Hall–Kier alpha value is -0.400. The van der Waals surface area contributed by atoms with Crippen LogP contribution in [-0.4, -0.2) is 6.88 Å². The van der Waals surface area contributed by atoms with Gasteiger partial charge in [-0.3, -0.25) is 0 Å². The Balaban J connectivity index is 0.00000202. The molecule has 0 radical (unpaired) electrons. The molecule has 0 heterocycles. The van der Waals surface area contributed by atoms with Gasteiger partial charge in [0.15, 0.2) is 0 Å². The molecule has 42 heavy (non-hydrogen) atoms. The average Bonchev–Trinajstić information content (AvgIpc) is 3.61. The van der Waals surface area contributed by atoms with E-state index in [0.29, 0.717) is 0 Å². The number of rotatable bonds is 4. The van der Waals surface area contributed by atoms with Gasteiger partial charge in [-0.15, -0.1) is 24.8 Å². The molecule has 0 atom stereocenters. The maximum atomic E-state index is 2.86. The van der Waals surface area contributed by atoms with E-state index in [1.54, 1.807) is 27.8 Å². The minimum absolute atomic E-state index is 0. The Kier molecular flexibility index (Phi) is 10.2. The molecule has 0 aliphatic heterocycles. The molecule has 4 aliphatic carbocycles. The Labute approximate surface area is 272 Å². The van der Waals surface area contributed by atoms with Crippen molar-refractivity contribution in [1.29, 1.82) is 0 Å². The van der Waals surface area contributed by atoms with Gasteiger partial charge >= 0.3 is 249 Å². The van der Waals surface area contributed by atoms with Crippen LogP contribution in [0.25, 0.3) is 11.1 Å². The van der Waals surface area contributed by atoms with Gasteiger partial charge in [0.2, 0.25) is 0 Å². The van der Waals surface area contributed by atoms with Gasteiger partial charge in [-0.05, 0) is 0 Å². The largest absolute Gasteiger partial charge is 0.147 e. The molecule has 4 aliphatic rings. The molecule has 0 unspecified atom stereocenters. The van der Waals surface area contributed by atoms with E-state index in [1.165, 1.54) is 76.2 Å². The fraction of sp³-hybridized carbons (Fsp3) is 0.579. The second-order valence-corrected chi connectivity index (χ2v) is 40.2. The van der Waals surface area contributed by atoms with E-state index in [4.69, 9.17) is 0 Å². The van der Waals surface area contributed by atoms with Crippen LogP contribution in [0.1, 0.15) is 134 Å². The molecule has 2 fully saturated rings. The molecule has 2 saturated carbocycles. The smallest absolute Gasteiger partial charge is 0.147 e. The van der Waals surface area contributed by atoms with E-state index in [-0.39, 0.29) is 35.6 Å². The van der Waals surface area contributed by atoms with Crippen molar-refractivity contribution in [3.8, 4) is 11.1 Å². The van der Waals surface area contributed by atoms with Gasteiger partial charge in [-0.2, -0.15) is 0 Å². The van der Waals surface area contributed by atoms with Gasteiger partial charge in [0, 0.05) is 0 Å². The first kappa shape index (κ1) is 34.5. The standard InChI is InChI=1S/C21H25.2C6H11.C5H5.2ClH.H2Si.Zr/c1-20(2,3)16-9-7-14-11-15-8-10-17(21(4,5)6)13-19(15)18(14)12-16;2*1-2-4-6-5-3-1;1-2-4-5-3-1;;;;/h7,9-10,12-13H,11H2,1-6H3;2*1H,2-6H2;1-3H,4H2;2*1H;1H2;. The van der Waals surface area contributed by atoms with Gasteiger partial charge in [0.05, 0.1) is 0 Å². The summed E-state index contributed by atoms with van der Waals surface area (Å²) >= 11 is -3.82. The van der Waals surface area contributed by atoms with Crippen molar-refractivity contribution >= 4 is 35.0 Å². The summed E-state index contributed by atoms with van der Waals surface area (Å²) in [6.45, 7) is 17.2. The normalized spacial score (nSPS) is 19.9. The Bertz CT molecular complexity index is 1410. The van der Waals surface area contributed by atoms with Crippen LogP contribution in [0.15, 0.2) is 51.8 Å². The Morgan fingerprint density at radius 2 is 1.24 bits per heavy atom. The first-order valence-electron chi connectivity index (χ1n) is 16.6. The van der Waals surface area contributed by atoms with E-state index < -0.39 is 17.4 Å². The third kappa shape index (κ3) is 5.50. The number of hydrogen-bond acceptors (Lipinski definition) is 0. The summed E-state index contributed by atoms with van der Waals surface area (Å²) in [5.74, 6) is 0. The van der Waals surface area contributed by atoms with Gasteiger partial charge in [0.1, 0.15) is 0 Å². The van der Waals surface area contributed by atoms with Crippen molar-refractivity contribution in [2.45, 2.75) is 137 Å². The zero-order chi connectivity index (χ0) is 28.4. The zero-order valence-electron chi connectivity index (χ0n) is 27.3. The topological polar surface area (TPSA) is 0 Å². The van der Waals surface area contributed by atoms with E-state index in [2.05, 4.69) is 97.0 Å². The molecule has 0 bridgehead atoms. The Morgan fingerprint density at radius 3 is 1.74 bits per heavy atom. The maximum absolute atomic E-state index is 3.82. The van der Waals surface area contributed by atoms with Crippen LogP contribution < -0.4 is 3.27 Å². The van der Waals surface area contributed by atoms with Gasteiger partial charge < -0.3 is 0 Å². The molecule has 0 N–H and O–H groups in total. The number of hydrogen-bond donors (Lipinski definition) is 0. The molecule has 0 spiro atoms. The second kappa shape index (κ2) is 12.4. The number of benzene rings is 2. The van der Waals surface area contributed by atoms with E-state index in [9.17, 15) is 0 Å². The number of allylic oxidation sites excluding steroid dienone is 4. The van der Waals surface area contributed by atoms with Crippen LogP contribution in [0.2, 0.25) is 7.25 Å². The van der Waals surface area contributed by atoms with Crippen molar-refractivity contribution in [3.05, 3.63) is 74.1 Å². The van der Waals surface area contributed by atoms with Crippen LogP contribution in [0, 0.1) is 0 Å². The molecule has 0 aromatic heterocycles. The molecule has 0 saturated heterocycles. The predicted octanol–water partition coefficient (Wildman–Crippen LogP) is 10.9. The minimum Gasteiger partial charge on any atom is -0.147 e. The van der Waals surface area contributed by atoms with Crippen LogP contribution >= 0.6 is 24.8 Å². The summed E-state index contributed by atoms with van der Waals surface area (Å²) in [4.78, 5) is 0. The second-order valence-electron chi connectivity index (χ2n) is 16.2. The van der Waals surface area contributed by atoms with Crippen LogP contribution in [-0.2, 0) is 34.6 Å². The molecule has 0 nitrogen and oxygen atoms in total. The summed E-state index contributed by atoms with van der Waals surface area (Å²) in [5.41, 5.74) is 9.87. The third-order valence-electron chi connectivity index (χ3n) is 12.0. The quantitative estimate of drug-likeness (QED) is 0.238. The molecular formula is C38H56Cl2SiZr. The number of fused-ring (bicyclic) bond motifs is 3. The van der Waals surface area contributed by atoms with Crippen molar-refractivity contribution < 1.29 is 17.4 Å².